The molecule has 0 aliphatic rings. The molecule has 0 rings (SSSR count). The predicted octanol–water partition coefficient (Wildman–Crippen LogP) is 3.26. The smallest absolute Gasteiger partial charge is 0.392 e. The zero-order valence-electron chi connectivity index (χ0n) is 16.0. The normalized spacial score (nSPS) is 14.0. The Kier molecular flexibility index (Phi) is 17.2. The van der Waals surface area contributed by atoms with Gasteiger partial charge in [0.25, 0.3) is 0 Å². The largest absolute Gasteiger partial charge is 0.500 e. The highest BCUT2D eigenvalue weighted by Crippen LogP contribution is 2.22. The Morgan fingerprint density at radius 2 is 1.52 bits per heavy atom. The first kappa shape index (κ1) is 24.8. The van der Waals surface area contributed by atoms with E-state index in [1.807, 2.05) is 23.9 Å². The topological polar surface area (TPSA) is 68.2 Å². The van der Waals surface area contributed by atoms with Crippen LogP contribution in [0.15, 0.2) is 24.3 Å². The summed E-state index contributed by atoms with van der Waals surface area (Å²) >= 11 is 1.96. The second-order valence-electron chi connectivity index (χ2n) is 5.79. The summed E-state index contributed by atoms with van der Waals surface area (Å²) in [7, 11) is 2.54. The highest BCUT2D eigenvalue weighted by Gasteiger charge is 2.36. The van der Waals surface area contributed by atoms with Crippen LogP contribution in [0.4, 0.5) is 0 Å². The minimum Gasteiger partial charge on any atom is -0.392 e. The number of thioether (sulfide) groups is 1. The van der Waals surface area contributed by atoms with Crippen molar-refractivity contribution in [1.82, 2.24) is 0 Å². The standard InChI is InChI=1S/C18H36O5SSi/c1-21-25(22-2,23-3)17-9-15-24-16-12-18(11-6-8-14-20)10-5-4-7-13-19/h4,6-8,18-20H,5,9-17H2,1-3H3. The summed E-state index contributed by atoms with van der Waals surface area (Å²) in [5, 5.41) is 17.7. The van der Waals surface area contributed by atoms with Crippen LogP contribution in [0.3, 0.4) is 0 Å². The first-order valence-corrected chi connectivity index (χ1v) is 12.0. The fourth-order valence-corrected chi connectivity index (χ4v) is 5.60. The summed E-state index contributed by atoms with van der Waals surface area (Å²) in [6.07, 6.45) is 13.0. The molecular weight excluding hydrogens is 356 g/mol. The van der Waals surface area contributed by atoms with E-state index in [4.69, 9.17) is 23.5 Å². The number of hydrogen-bond acceptors (Lipinski definition) is 6. The summed E-state index contributed by atoms with van der Waals surface area (Å²) < 4.78 is 16.3. The molecule has 0 aromatic heterocycles. The predicted molar refractivity (Wildman–Crippen MR) is 108 cm³/mol. The summed E-state index contributed by atoms with van der Waals surface area (Å²) in [5.74, 6) is 2.82. The van der Waals surface area contributed by atoms with Gasteiger partial charge in [0.2, 0.25) is 0 Å². The van der Waals surface area contributed by atoms with Crippen molar-refractivity contribution in [3.05, 3.63) is 24.3 Å². The van der Waals surface area contributed by atoms with Gasteiger partial charge in [-0.15, -0.1) is 0 Å². The van der Waals surface area contributed by atoms with Gasteiger partial charge in [0.15, 0.2) is 0 Å². The Balaban J connectivity index is 4.02. The molecule has 0 bridgehead atoms. The molecule has 25 heavy (non-hydrogen) atoms. The molecular formula is C18H36O5SSi. The molecule has 148 valence electrons. The summed E-state index contributed by atoms with van der Waals surface area (Å²) in [6, 6.07) is 0.845. The van der Waals surface area contributed by atoms with Crippen molar-refractivity contribution >= 4 is 20.6 Å². The van der Waals surface area contributed by atoms with Crippen molar-refractivity contribution < 1.29 is 23.5 Å². The monoisotopic (exact) mass is 392 g/mol. The molecule has 0 aromatic rings. The number of hydrogen-bond donors (Lipinski definition) is 2. The lowest BCUT2D eigenvalue weighted by molar-refractivity contribution is 0.123. The molecule has 0 saturated heterocycles. The summed E-state index contributed by atoms with van der Waals surface area (Å²) in [4.78, 5) is 0. The van der Waals surface area contributed by atoms with Gasteiger partial charge >= 0.3 is 8.80 Å². The van der Waals surface area contributed by atoms with Gasteiger partial charge in [0.1, 0.15) is 0 Å². The molecule has 0 aliphatic carbocycles. The lowest BCUT2D eigenvalue weighted by atomic mass is 9.96. The zero-order valence-corrected chi connectivity index (χ0v) is 17.8. The molecule has 0 fully saturated rings. The minimum absolute atomic E-state index is 0.107. The average Bonchev–Trinajstić information content (AvgIpc) is 2.65. The highest BCUT2D eigenvalue weighted by molar-refractivity contribution is 7.99. The first-order valence-electron chi connectivity index (χ1n) is 8.92. The van der Waals surface area contributed by atoms with E-state index in [-0.39, 0.29) is 13.2 Å². The highest BCUT2D eigenvalue weighted by atomic mass is 32.2. The van der Waals surface area contributed by atoms with Gasteiger partial charge in [-0.05, 0) is 49.5 Å². The maximum absolute atomic E-state index is 8.87. The first-order chi connectivity index (χ1) is 12.2. The Morgan fingerprint density at radius 3 is 2.12 bits per heavy atom. The third-order valence-electron chi connectivity index (χ3n) is 4.13. The molecule has 0 aromatic carbocycles. The maximum Gasteiger partial charge on any atom is 0.500 e. The van der Waals surface area contributed by atoms with Gasteiger partial charge in [0.05, 0.1) is 13.2 Å². The van der Waals surface area contributed by atoms with Crippen molar-refractivity contribution in [3.63, 3.8) is 0 Å². The molecule has 7 heteroatoms. The molecule has 2 N–H and O–H groups in total. The van der Waals surface area contributed by atoms with Crippen molar-refractivity contribution in [1.29, 1.82) is 0 Å². The van der Waals surface area contributed by atoms with E-state index >= 15 is 0 Å². The van der Waals surface area contributed by atoms with Crippen LogP contribution in [0.5, 0.6) is 0 Å². The number of aliphatic hydroxyl groups excluding tert-OH is 2. The molecule has 0 saturated carbocycles. The van der Waals surface area contributed by atoms with E-state index in [1.54, 1.807) is 27.4 Å². The number of allylic oxidation sites excluding steroid dienone is 2. The Labute approximate surface area is 158 Å². The van der Waals surface area contributed by atoms with Crippen LogP contribution in [0, 0.1) is 5.92 Å². The fourth-order valence-electron chi connectivity index (χ4n) is 2.57. The molecule has 0 amide bonds. The average molecular weight is 393 g/mol. The van der Waals surface area contributed by atoms with Gasteiger partial charge < -0.3 is 23.5 Å². The SMILES string of the molecule is CO[Si](CCCSCCC(CC=CCO)CCC=CCO)(OC)OC. The van der Waals surface area contributed by atoms with Crippen LogP contribution < -0.4 is 0 Å². The van der Waals surface area contributed by atoms with Crippen molar-refractivity contribution in [3.8, 4) is 0 Å². The second kappa shape index (κ2) is 17.3. The zero-order chi connectivity index (χ0) is 18.8. The van der Waals surface area contributed by atoms with Crippen LogP contribution in [0.1, 0.15) is 32.1 Å². The third-order valence-corrected chi connectivity index (χ3v) is 8.06. The van der Waals surface area contributed by atoms with Crippen LogP contribution >= 0.6 is 11.8 Å². The second-order valence-corrected chi connectivity index (χ2v) is 10.1. The van der Waals surface area contributed by atoms with Gasteiger partial charge in [-0.25, -0.2) is 0 Å². The maximum atomic E-state index is 8.87. The quantitative estimate of drug-likeness (QED) is 0.225. The third kappa shape index (κ3) is 12.8. The van der Waals surface area contributed by atoms with Crippen molar-refractivity contribution in [2.75, 3.05) is 46.0 Å². The number of rotatable bonds is 17. The minimum atomic E-state index is -2.42. The van der Waals surface area contributed by atoms with Gasteiger partial charge in [-0.3, -0.25) is 0 Å². The van der Waals surface area contributed by atoms with Gasteiger partial charge in [-0.2, -0.15) is 11.8 Å². The van der Waals surface area contributed by atoms with E-state index in [2.05, 4.69) is 6.08 Å². The van der Waals surface area contributed by atoms with Crippen molar-refractivity contribution in [2.24, 2.45) is 5.92 Å². The Bertz CT molecular complexity index is 340. The summed E-state index contributed by atoms with van der Waals surface area (Å²) in [5.41, 5.74) is 0. The van der Waals surface area contributed by atoms with Crippen LogP contribution in [0.2, 0.25) is 6.04 Å². The molecule has 0 aliphatic heterocycles. The molecule has 0 spiro atoms. The molecule has 0 heterocycles. The molecule has 1 atom stereocenters. The van der Waals surface area contributed by atoms with E-state index in [0.29, 0.717) is 5.92 Å². The number of aliphatic hydroxyl groups is 2. The van der Waals surface area contributed by atoms with Crippen LogP contribution in [-0.4, -0.2) is 65.1 Å². The van der Waals surface area contributed by atoms with E-state index in [9.17, 15) is 0 Å². The van der Waals surface area contributed by atoms with Crippen LogP contribution in [-0.2, 0) is 13.3 Å². The Morgan fingerprint density at radius 1 is 0.880 bits per heavy atom. The summed E-state index contributed by atoms with van der Waals surface area (Å²) in [6.45, 7) is 0.218. The van der Waals surface area contributed by atoms with Gasteiger partial charge in [0, 0.05) is 27.4 Å². The Hall–Kier alpha value is -0.153. The molecule has 1 unspecified atom stereocenters. The van der Waals surface area contributed by atoms with Gasteiger partial charge in [-0.1, -0.05) is 24.3 Å². The fraction of sp³-hybridized carbons (Fsp3) is 0.778. The van der Waals surface area contributed by atoms with E-state index < -0.39 is 8.80 Å². The van der Waals surface area contributed by atoms with Crippen LogP contribution in [0.25, 0.3) is 0 Å². The van der Waals surface area contributed by atoms with E-state index in [0.717, 1.165) is 49.7 Å². The molecule has 0 radical (unpaired) electrons. The lowest BCUT2D eigenvalue weighted by Gasteiger charge is -2.24. The lowest BCUT2D eigenvalue weighted by Crippen LogP contribution is -2.42. The molecule has 5 nitrogen and oxygen atoms in total. The van der Waals surface area contributed by atoms with E-state index in [1.165, 1.54) is 0 Å². The van der Waals surface area contributed by atoms with Crippen molar-refractivity contribution in [2.45, 2.75) is 38.1 Å².